The van der Waals surface area contributed by atoms with E-state index in [4.69, 9.17) is 16.3 Å². The Morgan fingerprint density at radius 2 is 1.95 bits per heavy atom. The van der Waals surface area contributed by atoms with E-state index in [0.29, 0.717) is 17.2 Å². The quantitative estimate of drug-likeness (QED) is 0.913. The van der Waals surface area contributed by atoms with Gasteiger partial charge in [0, 0.05) is 11.4 Å². The van der Waals surface area contributed by atoms with E-state index in [1.807, 2.05) is 25.1 Å². The van der Waals surface area contributed by atoms with Gasteiger partial charge < -0.3 is 9.84 Å². The molecule has 2 aromatic carbocycles. The van der Waals surface area contributed by atoms with Gasteiger partial charge in [0.1, 0.15) is 5.75 Å². The number of aryl methyl sites for hydroxylation is 1. The van der Waals surface area contributed by atoms with E-state index in [1.165, 1.54) is 0 Å². The number of carbonyl (C=O) groups is 1. The van der Waals surface area contributed by atoms with Crippen LogP contribution in [0.4, 0.5) is 0 Å². The van der Waals surface area contributed by atoms with Crippen molar-refractivity contribution >= 4 is 17.6 Å². The van der Waals surface area contributed by atoms with E-state index in [-0.39, 0.29) is 0 Å². The molecule has 0 unspecified atom stereocenters. The summed E-state index contributed by atoms with van der Waals surface area (Å²) in [5.41, 5.74) is 1.90. The second kappa shape index (κ2) is 6.44. The molecule has 1 N–H and O–H groups in total. The molecule has 0 heterocycles. The van der Waals surface area contributed by atoms with Gasteiger partial charge in [-0.1, -0.05) is 35.9 Å². The third kappa shape index (κ3) is 4.00. The molecular weight excluding hydrogens is 276 g/mol. The number of carboxylic acid groups (broad SMARTS) is 1. The maximum Gasteiger partial charge on any atom is 0.345 e. The summed E-state index contributed by atoms with van der Waals surface area (Å²) in [6.07, 6.45) is -0.626. The van der Waals surface area contributed by atoms with Crippen LogP contribution in [0.3, 0.4) is 0 Å². The standard InChI is InChI=1S/C16H15ClO3/c1-11-3-2-4-14(9-11)20-15(16(18)19)10-12-5-7-13(17)8-6-12/h2-9,15H,10H2,1H3,(H,18,19)/t15-/m1/s1. The summed E-state index contributed by atoms with van der Waals surface area (Å²) in [6.45, 7) is 1.93. The first-order valence-electron chi connectivity index (χ1n) is 6.25. The van der Waals surface area contributed by atoms with E-state index in [2.05, 4.69) is 0 Å². The highest BCUT2D eigenvalue weighted by Gasteiger charge is 2.20. The van der Waals surface area contributed by atoms with Crippen molar-refractivity contribution in [3.8, 4) is 5.75 Å². The van der Waals surface area contributed by atoms with Gasteiger partial charge in [0.25, 0.3) is 0 Å². The molecule has 0 fully saturated rings. The summed E-state index contributed by atoms with van der Waals surface area (Å²) in [7, 11) is 0. The minimum Gasteiger partial charge on any atom is -0.478 e. The lowest BCUT2D eigenvalue weighted by atomic mass is 10.1. The number of rotatable bonds is 5. The molecule has 0 saturated carbocycles. The number of halogens is 1. The Labute approximate surface area is 122 Å². The summed E-state index contributed by atoms with van der Waals surface area (Å²) in [4.78, 5) is 11.3. The van der Waals surface area contributed by atoms with Crippen molar-refractivity contribution in [1.82, 2.24) is 0 Å². The van der Waals surface area contributed by atoms with Crippen molar-refractivity contribution in [2.45, 2.75) is 19.4 Å². The van der Waals surface area contributed by atoms with Crippen LogP contribution in [0.15, 0.2) is 48.5 Å². The molecule has 0 aliphatic rings. The van der Waals surface area contributed by atoms with Crippen LogP contribution in [0.1, 0.15) is 11.1 Å². The Morgan fingerprint density at radius 3 is 2.55 bits per heavy atom. The molecule has 4 heteroatoms. The number of aliphatic carboxylic acids is 1. The maximum atomic E-state index is 11.3. The van der Waals surface area contributed by atoms with E-state index in [0.717, 1.165) is 11.1 Å². The van der Waals surface area contributed by atoms with Crippen LogP contribution < -0.4 is 4.74 Å². The minimum absolute atomic E-state index is 0.292. The molecule has 3 nitrogen and oxygen atoms in total. The average molecular weight is 291 g/mol. The van der Waals surface area contributed by atoms with E-state index >= 15 is 0 Å². The fourth-order valence-corrected chi connectivity index (χ4v) is 1.99. The highest BCUT2D eigenvalue weighted by molar-refractivity contribution is 6.30. The molecule has 0 aliphatic heterocycles. The third-order valence-corrected chi connectivity index (χ3v) is 3.13. The van der Waals surface area contributed by atoms with Gasteiger partial charge in [-0.25, -0.2) is 4.79 Å². The minimum atomic E-state index is -0.985. The Kier molecular flexibility index (Phi) is 4.64. The van der Waals surface area contributed by atoms with Crippen LogP contribution in [0, 0.1) is 6.92 Å². The van der Waals surface area contributed by atoms with Crippen LogP contribution in [0.2, 0.25) is 5.02 Å². The summed E-state index contributed by atoms with van der Waals surface area (Å²) >= 11 is 5.81. The predicted octanol–water partition coefficient (Wildman–Crippen LogP) is 3.72. The van der Waals surface area contributed by atoms with Crippen LogP contribution in [-0.2, 0) is 11.2 Å². The van der Waals surface area contributed by atoms with Crippen LogP contribution in [0.25, 0.3) is 0 Å². The van der Waals surface area contributed by atoms with Gasteiger partial charge in [-0.3, -0.25) is 0 Å². The number of hydrogen-bond donors (Lipinski definition) is 1. The smallest absolute Gasteiger partial charge is 0.345 e. The van der Waals surface area contributed by atoms with Crippen LogP contribution >= 0.6 is 11.6 Å². The lowest BCUT2D eigenvalue weighted by Gasteiger charge is -2.15. The summed E-state index contributed by atoms with van der Waals surface area (Å²) in [6, 6.07) is 14.4. The first-order chi connectivity index (χ1) is 9.54. The topological polar surface area (TPSA) is 46.5 Å². The molecule has 0 saturated heterocycles. The molecule has 0 bridgehead atoms. The van der Waals surface area contributed by atoms with Crippen molar-refractivity contribution in [1.29, 1.82) is 0 Å². The van der Waals surface area contributed by atoms with Gasteiger partial charge in [-0.15, -0.1) is 0 Å². The Bertz CT molecular complexity index is 593. The average Bonchev–Trinajstić information content (AvgIpc) is 2.40. The number of hydrogen-bond acceptors (Lipinski definition) is 2. The van der Waals surface area contributed by atoms with Crippen molar-refractivity contribution in [2.75, 3.05) is 0 Å². The van der Waals surface area contributed by atoms with Crippen LogP contribution in [-0.4, -0.2) is 17.2 Å². The molecular formula is C16H15ClO3. The monoisotopic (exact) mass is 290 g/mol. The Hall–Kier alpha value is -2.00. The molecule has 20 heavy (non-hydrogen) atoms. The molecule has 104 valence electrons. The zero-order chi connectivity index (χ0) is 14.5. The zero-order valence-electron chi connectivity index (χ0n) is 11.0. The summed E-state index contributed by atoms with van der Waals surface area (Å²) < 4.78 is 5.56. The second-order valence-corrected chi connectivity index (χ2v) is 5.03. The molecule has 0 radical (unpaired) electrons. The largest absolute Gasteiger partial charge is 0.478 e. The predicted molar refractivity (Wildman–Crippen MR) is 78.4 cm³/mol. The van der Waals surface area contributed by atoms with Crippen molar-refractivity contribution < 1.29 is 14.6 Å². The van der Waals surface area contributed by atoms with Gasteiger partial charge >= 0.3 is 5.97 Å². The van der Waals surface area contributed by atoms with Gasteiger partial charge in [0.05, 0.1) is 0 Å². The van der Waals surface area contributed by atoms with E-state index in [9.17, 15) is 9.90 Å². The number of ether oxygens (including phenoxy) is 1. The highest BCUT2D eigenvalue weighted by Crippen LogP contribution is 2.17. The molecule has 0 aromatic heterocycles. The number of benzene rings is 2. The van der Waals surface area contributed by atoms with Gasteiger partial charge in [-0.05, 0) is 42.3 Å². The molecule has 1 atom stereocenters. The van der Waals surface area contributed by atoms with E-state index < -0.39 is 12.1 Å². The lowest BCUT2D eigenvalue weighted by Crippen LogP contribution is -2.29. The highest BCUT2D eigenvalue weighted by atomic mass is 35.5. The first-order valence-corrected chi connectivity index (χ1v) is 6.63. The van der Waals surface area contributed by atoms with Gasteiger partial charge in [-0.2, -0.15) is 0 Å². The van der Waals surface area contributed by atoms with Crippen molar-refractivity contribution in [2.24, 2.45) is 0 Å². The lowest BCUT2D eigenvalue weighted by molar-refractivity contribution is -0.145. The third-order valence-electron chi connectivity index (χ3n) is 2.88. The fraction of sp³-hybridized carbons (Fsp3) is 0.188. The Morgan fingerprint density at radius 1 is 1.25 bits per heavy atom. The number of carboxylic acids is 1. The summed E-state index contributed by atoms with van der Waals surface area (Å²) in [5, 5.41) is 9.89. The molecule has 0 amide bonds. The van der Waals surface area contributed by atoms with Crippen molar-refractivity contribution in [3.63, 3.8) is 0 Å². The van der Waals surface area contributed by atoms with Gasteiger partial charge in [0.15, 0.2) is 6.10 Å². The second-order valence-electron chi connectivity index (χ2n) is 4.59. The van der Waals surface area contributed by atoms with Crippen molar-refractivity contribution in [3.05, 3.63) is 64.7 Å². The van der Waals surface area contributed by atoms with Crippen LogP contribution in [0.5, 0.6) is 5.75 Å². The SMILES string of the molecule is Cc1cccc(O[C@H](Cc2ccc(Cl)cc2)C(=O)O)c1. The van der Waals surface area contributed by atoms with Gasteiger partial charge in [0.2, 0.25) is 0 Å². The zero-order valence-corrected chi connectivity index (χ0v) is 11.8. The fourth-order valence-electron chi connectivity index (χ4n) is 1.87. The summed E-state index contributed by atoms with van der Waals surface area (Å²) in [5.74, 6) is -0.423. The molecule has 0 aliphatic carbocycles. The van der Waals surface area contributed by atoms with E-state index in [1.54, 1.807) is 30.3 Å². The Balaban J connectivity index is 2.11. The molecule has 2 rings (SSSR count). The maximum absolute atomic E-state index is 11.3. The first kappa shape index (κ1) is 14.4. The molecule has 0 spiro atoms. The normalized spacial score (nSPS) is 11.9. The molecule has 2 aromatic rings.